The van der Waals surface area contributed by atoms with Crippen LogP contribution < -0.4 is 0 Å². The van der Waals surface area contributed by atoms with Crippen LogP contribution in [-0.4, -0.2) is 23.1 Å². The van der Waals surface area contributed by atoms with Crippen molar-refractivity contribution in [3.8, 4) is 12.3 Å². The summed E-state index contributed by atoms with van der Waals surface area (Å²) >= 11 is 0. The molecule has 0 aromatic rings. The zero-order valence-corrected chi connectivity index (χ0v) is 11.8. The van der Waals surface area contributed by atoms with E-state index in [0.29, 0.717) is 24.5 Å². The second-order valence-electron chi connectivity index (χ2n) is 5.66. The Balaban J connectivity index is 1.77. The predicted octanol–water partition coefficient (Wildman–Crippen LogP) is 2.69. The summed E-state index contributed by atoms with van der Waals surface area (Å²) in [5, 5.41) is 0. The third-order valence-electron chi connectivity index (χ3n) is 4.29. The number of nitrogens with zero attached hydrogens (tertiary/aromatic N) is 1. The van der Waals surface area contributed by atoms with E-state index in [1.807, 2.05) is 0 Å². The maximum Gasteiger partial charge on any atom is 0.251 e. The quantitative estimate of drug-likeness (QED) is 0.721. The molecule has 1 fully saturated rings. The SMILES string of the molecule is C#CCCC(=O)C1CCC(CN2C(=C)C=CC2=O)CC1. The fraction of sp³-hybridized carbons (Fsp3) is 0.529. The summed E-state index contributed by atoms with van der Waals surface area (Å²) in [5.41, 5.74) is 0.780. The highest BCUT2D eigenvalue weighted by atomic mass is 16.2. The van der Waals surface area contributed by atoms with Gasteiger partial charge in [-0.1, -0.05) is 6.58 Å². The van der Waals surface area contributed by atoms with E-state index in [4.69, 9.17) is 6.42 Å². The first-order valence-corrected chi connectivity index (χ1v) is 7.26. The van der Waals surface area contributed by atoms with Gasteiger partial charge in [-0.3, -0.25) is 9.59 Å². The lowest BCUT2D eigenvalue weighted by Gasteiger charge is -2.30. The number of hydrogen-bond donors (Lipinski definition) is 0. The van der Waals surface area contributed by atoms with Crippen molar-refractivity contribution in [2.45, 2.75) is 38.5 Å². The van der Waals surface area contributed by atoms with Gasteiger partial charge in [-0.25, -0.2) is 0 Å². The van der Waals surface area contributed by atoms with E-state index in [1.54, 1.807) is 17.1 Å². The van der Waals surface area contributed by atoms with Crippen LogP contribution in [0.1, 0.15) is 38.5 Å². The number of ketones is 1. The van der Waals surface area contributed by atoms with Crippen LogP contribution in [0, 0.1) is 24.2 Å². The maximum atomic E-state index is 11.9. The van der Waals surface area contributed by atoms with Crippen LogP contribution in [0.2, 0.25) is 0 Å². The van der Waals surface area contributed by atoms with E-state index in [9.17, 15) is 9.59 Å². The molecule has 106 valence electrons. The minimum absolute atomic E-state index is 0.0298. The third-order valence-corrected chi connectivity index (χ3v) is 4.29. The average Bonchev–Trinajstić information content (AvgIpc) is 2.77. The Kier molecular flexibility index (Phi) is 4.79. The molecule has 2 aliphatic rings. The third kappa shape index (κ3) is 3.39. The van der Waals surface area contributed by atoms with Crippen molar-refractivity contribution in [3.63, 3.8) is 0 Å². The van der Waals surface area contributed by atoms with Crippen molar-refractivity contribution in [1.29, 1.82) is 0 Å². The molecule has 0 spiro atoms. The van der Waals surface area contributed by atoms with Gasteiger partial charge in [0.15, 0.2) is 0 Å². The van der Waals surface area contributed by atoms with Crippen LogP contribution in [0.4, 0.5) is 0 Å². The molecule has 0 aromatic carbocycles. The summed E-state index contributed by atoms with van der Waals surface area (Å²) in [4.78, 5) is 25.3. The van der Waals surface area contributed by atoms with Gasteiger partial charge in [-0.15, -0.1) is 12.3 Å². The number of allylic oxidation sites excluding steroid dienone is 1. The van der Waals surface area contributed by atoms with Gasteiger partial charge in [0.1, 0.15) is 5.78 Å². The van der Waals surface area contributed by atoms with Crippen LogP contribution >= 0.6 is 0 Å². The van der Waals surface area contributed by atoms with Crippen molar-refractivity contribution in [3.05, 3.63) is 24.4 Å². The Morgan fingerprint density at radius 3 is 2.60 bits per heavy atom. The van der Waals surface area contributed by atoms with Crippen LogP contribution in [0.25, 0.3) is 0 Å². The van der Waals surface area contributed by atoms with Crippen LogP contribution in [0.5, 0.6) is 0 Å². The van der Waals surface area contributed by atoms with Crippen molar-refractivity contribution >= 4 is 11.7 Å². The Bertz CT molecular complexity index is 458. The highest BCUT2D eigenvalue weighted by Gasteiger charge is 2.29. The molecule has 3 heteroatoms. The van der Waals surface area contributed by atoms with Crippen molar-refractivity contribution < 1.29 is 9.59 Å². The fourth-order valence-electron chi connectivity index (χ4n) is 3.02. The van der Waals surface area contributed by atoms with Gasteiger partial charge in [0.2, 0.25) is 0 Å². The molecular weight excluding hydrogens is 250 g/mol. The smallest absolute Gasteiger partial charge is 0.251 e. The zero-order valence-electron chi connectivity index (χ0n) is 11.8. The number of Topliss-reactive ketones (excluding diaryl/α,β-unsaturated/α-hetero) is 1. The topological polar surface area (TPSA) is 37.4 Å². The fourth-order valence-corrected chi connectivity index (χ4v) is 3.02. The highest BCUT2D eigenvalue weighted by molar-refractivity contribution is 5.93. The van der Waals surface area contributed by atoms with Crippen LogP contribution in [-0.2, 0) is 9.59 Å². The van der Waals surface area contributed by atoms with E-state index in [0.717, 1.165) is 37.9 Å². The van der Waals surface area contributed by atoms with Crippen molar-refractivity contribution in [2.75, 3.05) is 6.54 Å². The van der Waals surface area contributed by atoms with Crippen molar-refractivity contribution in [1.82, 2.24) is 4.90 Å². The van der Waals surface area contributed by atoms with Gasteiger partial charge in [0.25, 0.3) is 5.91 Å². The first-order valence-electron chi connectivity index (χ1n) is 7.26. The molecule has 0 atom stereocenters. The van der Waals surface area contributed by atoms with Gasteiger partial charge in [0.05, 0.1) is 0 Å². The Morgan fingerprint density at radius 1 is 1.35 bits per heavy atom. The zero-order chi connectivity index (χ0) is 14.5. The first kappa shape index (κ1) is 14.6. The lowest BCUT2D eigenvalue weighted by molar-refractivity contribution is -0.126. The maximum absolute atomic E-state index is 11.9. The van der Waals surface area contributed by atoms with Crippen LogP contribution in [0.15, 0.2) is 24.4 Å². The lowest BCUT2D eigenvalue weighted by atomic mass is 9.79. The molecule has 20 heavy (non-hydrogen) atoms. The van der Waals surface area contributed by atoms with E-state index in [1.165, 1.54) is 0 Å². The molecule has 0 radical (unpaired) electrons. The Labute approximate surface area is 120 Å². The van der Waals surface area contributed by atoms with Gasteiger partial charge >= 0.3 is 0 Å². The standard InChI is InChI=1S/C17H21NO2/c1-3-4-5-16(19)15-9-7-14(8-10-15)12-18-13(2)6-11-17(18)20/h1,6,11,14-15H,2,4-5,7-10,12H2. The lowest BCUT2D eigenvalue weighted by Crippen LogP contribution is -2.32. The molecule has 0 N–H and O–H groups in total. The summed E-state index contributed by atoms with van der Waals surface area (Å²) in [7, 11) is 0. The molecular formula is C17H21NO2. The molecule has 0 saturated heterocycles. The Hall–Kier alpha value is -1.82. The molecule has 1 amide bonds. The van der Waals surface area contributed by atoms with E-state index < -0.39 is 0 Å². The van der Waals surface area contributed by atoms with Gasteiger partial charge in [-0.2, -0.15) is 0 Å². The van der Waals surface area contributed by atoms with Crippen LogP contribution in [0.3, 0.4) is 0 Å². The molecule has 0 bridgehead atoms. The molecule has 1 heterocycles. The first-order chi connectivity index (χ1) is 9.61. The molecule has 0 unspecified atom stereocenters. The number of amides is 1. The molecule has 3 nitrogen and oxygen atoms in total. The summed E-state index contributed by atoms with van der Waals surface area (Å²) in [6.07, 6.45) is 13.4. The summed E-state index contributed by atoms with van der Waals surface area (Å²) < 4.78 is 0. The molecule has 1 aliphatic carbocycles. The molecule has 1 saturated carbocycles. The summed E-state index contributed by atoms with van der Waals surface area (Å²) in [6.45, 7) is 4.61. The summed E-state index contributed by atoms with van der Waals surface area (Å²) in [6, 6.07) is 0. The average molecular weight is 271 g/mol. The second-order valence-corrected chi connectivity index (χ2v) is 5.66. The molecule has 2 rings (SSSR count). The number of terminal acetylenes is 1. The number of hydrogen-bond acceptors (Lipinski definition) is 2. The monoisotopic (exact) mass is 271 g/mol. The van der Waals surface area contributed by atoms with E-state index in [2.05, 4.69) is 12.5 Å². The molecule has 1 aliphatic heterocycles. The minimum Gasteiger partial charge on any atom is -0.309 e. The number of carbonyl (C=O) groups is 2. The molecule has 0 aromatic heterocycles. The normalized spacial score (nSPS) is 25.9. The minimum atomic E-state index is 0.0298. The largest absolute Gasteiger partial charge is 0.309 e. The second kappa shape index (κ2) is 6.56. The Morgan fingerprint density at radius 2 is 2.05 bits per heavy atom. The van der Waals surface area contributed by atoms with Gasteiger partial charge in [0, 0.05) is 37.1 Å². The highest BCUT2D eigenvalue weighted by Crippen LogP contribution is 2.32. The van der Waals surface area contributed by atoms with Gasteiger partial charge in [-0.05, 0) is 37.7 Å². The van der Waals surface area contributed by atoms with E-state index in [-0.39, 0.29) is 11.8 Å². The van der Waals surface area contributed by atoms with E-state index >= 15 is 0 Å². The van der Waals surface area contributed by atoms with Gasteiger partial charge < -0.3 is 4.90 Å². The van der Waals surface area contributed by atoms with Crippen molar-refractivity contribution in [2.24, 2.45) is 11.8 Å². The summed E-state index contributed by atoms with van der Waals surface area (Å²) in [5.74, 6) is 3.52. The number of carbonyl (C=O) groups excluding carboxylic acids is 2. The predicted molar refractivity (Wildman–Crippen MR) is 78.5 cm³/mol. The number of rotatable bonds is 5.